The van der Waals surface area contributed by atoms with Crippen LogP contribution < -0.4 is 5.32 Å². The number of hydrogen-bond donors (Lipinski definition) is 1. The molecule has 3 aromatic carbocycles. The molecular weight excluding hydrogens is 304 g/mol. The van der Waals surface area contributed by atoms with Gasteiger partial charge in [0.2, 0.25) is 5.91 Å². The van der Waals surface area contributed by atoms with Gasteiger partial charge >= 0.3 is 0 Å². The van der Waals surface area contributed by atoms with E-state index >= 15 is 0 Å². The van der Waals surface area contributed by atoms with Crippen molar-refractivity contribution in [3.8, 4) is 0 Å². The number of hydrogen-bond acceptors (Lipinski definition) is 3. The summed E-state index contributed by atoms with van der Waals surface area (Å²) in [6, 6.07) is 18.4. The van der Waals surface area contributed by atoms with E-state index in [1.807, 2.05) is 42.5 Å². The van der Waals surface area contributed by atoms with Crippen LogP contribution in [0.25, 0.3) is 10.8 Å². The fourth-order valence-electron chi connectivity index (χ4n) is 3.36. The van der Waals surface area contributed by atoms with E-state index in [-0.39, 0.29) is 23.9 Å². The average Bonchev–Trinajstić information content (AvgIpc) is 2.61. The van der Waals surface area contributed by atoms with Gasteiger partial charge in [-0.25, -0.2) is 0 Å². The zero-order valence-corrected chi connectivity index (χ0v) is 12.7. The van der Waals surface area contributed by atoms with Gasteiger partial charge in [0.15, 0.2) is 0 Å². The Morgan fingerprint density at radius 1 is 1.04 bits per heavy atom. The maximum absolute atomic E-state index is 12.2. The molecule has 4 rings (SSSR count). The number of carbonyl (C=O) groups excluding carboxylic acids is 1. The number of rotatable bonds is 2. The van der Waals surface area contributed by atoms with Crippen LogP contribution >= 0.6 is 0 Å². The van der Waals surface area contributed by atoms with Crippen molar-refractivity contribution in [3.05, 3.63) is 81.9 Å². The number of nitro benzene ring substituents is 1. The quantitative estimate of drug-likeness (QED) is 0.568. The van der Waals surface area contributed by atoms with Gasteiger partial charge in [-0.3, -0.25) is 14.9 Å². The summed E-state index contributed by atoms with van der Waals surface area (Å²) < 4.78 is 0. The Kier molecular flexibility index (Phi) is 3.27. The van der Waals surface area contributed by atoms with Gasteiger partial charge in [-0.1, -0.05) is 48.5 Å². The van der Waals surface area contributed by atoms with E-state index in [0.29, 0.717) is 0 Å². The van der Waals surface area contributed by atoms with Gasteiger partial charge in [0.25, 0.3) is 5.69 Å². The summed E-state index contributed by atoms with van der Waals surface area (Å²) in [4.78, 5) is 22.9. The normalized spacial score (nSPS) is 16.5. The molecule has 1 atom stereocenters. The molecule has 1 heterocycles. The largest absolute Gasteiger partial charge is 0.325 e. The molecular formula is C19H14N2O3. The standard InChI is InChI=1S/C19H14N2O3/c22-18-11-17(13-5-3-6-14(10-13)21(23)24)16-9-8-12-4-1-2-7-15(12)19(16)20-18/h1-10,17H,11H2,(H,20,22)/t17-/m1/s1. The van der Waals surface area contributed by atoms with E-state index in [1.54, 1.807) is 12.1 Å². The highest BCUT2D eigenvalue weighted by atomic mass is 16.6. The van der Waals surface area contributed by atoms with Gasteiger partial charge in [-0.2, -0.15) is 0 Å². The monoisotopic (exact) mass is 318 g/mol. The van der Waals surface area contributed by atoms with Crippen molar-refractivity contribution in [2.75, 3.05) is 5.32 Å². The number of nitro groups is 1. The maximum Gasteiger partial charge on any atom is 0.269 e. The number of carbonyl (C=O) groups is 1. The Balaban J connectivity index is 1.90. The summed E-state index contributed by atoms with van der Waals surface area (Å²) in [6.07, 6.45) is 0.284. The molecule has 0 unspecified atom stereocenters. The first-order valence-corrected chi connectivity index (χ1v) is 7.69. The molecule has 1 aliphatic rings. The van der Waals surface area contributed by atoms with Gasteiger partial charge in [-0.15, -0.1) is 0 Å². The number of amides is 1. The van der Waals surface area contributed by atoms with Crippen molar-refractivity contribution in [2.45, 2.75) is 12.3 Å². The van der Waals surface area contributed by atoms with E-state index in [1.165, 1.54) is 6.07 Å². The minimum absolute atomic E-state index is 0.0424. The highest BCUT2D eigenvalue weighted by Gasteiger charge is 2.28. The molecule has 1 aliphatic heterocycles. The molecule has 1 amide bonds. The Labute approximate surface area is 138 Å². The molecule has 0 aliphatic carbocycles. The van der Waals surface area contributed by atoms with Crippen LogP contribution in [0.15, 0.2) is 60.7 Å². The van der Waals surface area contributed by atoms with Crippen LogP contribution in [0.5, 0.6) is 0 Å². The second-order valence-corrected chi connectivity index (χ2v) is 5.91. The molecule has 0 fully saturated rings. The van der Waals surface area contributed by atoms with Crippen LogP contribution in [0.3, 0.4) is 0 Å². The number of nitrogens with zero attached hydrogens (tertiary/aromatic N) is 1. The van der Waals surface area contributed by atoms with Crippen LogP contribution in [-0.4, -0.2) is 10.8 Å². The van der Waals surface area contributed by atoms with E-state index < -0.39 is 4.92 Å². The molecule has 1 N–H and O–H groups in total. The number of anilines is 1. The number of fused-ring (bicyclic) bond motifs is 3. The van der Waals surface area contributed by atoms with Gasteiger partial charge < -0.3 is 5.32 Å². The van der Waals surface area contributed by atoms with Crippen molar-refractivity contribution >= 4 is 28.1 Å². The van der Waals surface area contributed by atoms with Gasteiger partial charge in [-0.05, 0) is 16.5 Å². The van der Waals surface area contributed by atoms with E-state index in [0.717, 1.165) is 27.6 Å². The number of nitrogens with one attached hydrogen (secondary N) is 1. The molecule has 3 aromatic rings. The lowest BCUT2D eigenvalue weighted by atomic mass is 9.83. The molecule has 0 saturated carbocycles. The first-order valence-electron chi connectivity index (χ1n) is 7.69. The smallest absolute Gasteiger partial charge is 0.269 e. The van der Waals surface area contributed by atoms with Crippen molar-refractivity contribution in [1.29, 1.82) is 0 Å². The third-order valence-corrected chi connectivity index (χ3v) is 4.47. The minimum Gasteiger partial charge on any atom is -0.325 e. The molecule has 118 valence electrons. The molecule has 5 heteroatoms. The Morgan fingerprint density at radius 3 is 2.71 bits per heavy atom. The average molecular weight is 318 g/mol. The molecule has 24 heavy (non-hydrogen) atoms. The fraction of sp³-hybridized carbons (Fsp3) is 0.105. The van der Waals surface area contributed by atoms with Crippen LogP contribution in [0.1, 0.15) is 23.5 Å². The van der Waals surface area contributed by atoms with Crippen LogP contribution in [0, 0.1) is 10.1 Å². The Morgan fingerprint density at radius 2 is 1.88 bits per heavy atom. The lowest BCUT2D eigenvalue weighted by Crippen LogP contribution is -2.23. The Hall–Kier alpha value is -3.21. The molecule has 0 radical (unpaired) electrons. The highest BCUT2D eigenvalue weighted by Crippen LogP contribution is 2.41. The summed E-state index contributed by atoms with van der Waals surface area (Å²) in [6.45, 7) is 0. The fourth-order valence-corrected chi connectivity index (χ4v) is 3.36. The van der Waals surface area contributed by atoms with Gasteiger partial charge in [0, 0.05) is 29.9 Å². The maximum atomic E-state index is 12.2. The van der Waals surface area contributed by atoms with Crippen molar-refractivity contribution < 1.29 is 9.72 Å². The third kappa shape index (κ3) is 2.31. The summed E-state index contributed by atoms with van der Waals surface area (Å²) in [5.74, 6) is -0.256. The van der Waals surface area contributed by atoms with E-state index in [4.69, 9.17) is 0 Å². The molecule has 5 nitrogen and oxygen atoms in total. The predicted octanol–water partition coefficient (Wildman–Crippen LogP) is 4.22. The summed E-state index contributed by atoms with van der Waals surface area (Å²) in [7, 11) is 0. The van der Waals surface area contributed by atoms with E-state index in [9.17, 15) is 14.9 Å². The molecule has 0 spiro atoms. The summed E-state index contributed by atoms with van der Waals surface area (Å²) in [5.41, 5.74) is 2.63. The van der Waals surface area contributed by atoms with Crippen molar-refractivity contribution in [1.82, 2.24) is 0 Å². The van der Waals surface area contributed by atoms with Gasteiger partial charge in [0.1, 0.15) is 0 Å². The summed E-state index contributed by atoms with van der Waals surface area (Å²) in [5, 5.41) is 16.1. The predicted molar refractivity (Wildman–Crippen MR) is 92.1 cm³/mol. The van der Waals surface area contributed by atoms with E-state index in [2.05, 4.69) is 5.32 Å². The SMILES string of the molecule is O=C1C[C@H](c2cccc([N+](=O)[O-])c2)c2ccc3ccccc3c2N1. The van der Waals surface area contributed by atoms with Crippen LogP contribution in [0.2, 0.25) is 0 Å². The molecule has 0 saturated heterocycles. The van der Waals surface area contributed by atoms with Crippen LogP contribution in [-0.2, 0) is 4.79 Å². The second-order valence-electron chi connectivity index (χ2n) is 5.91. The highest BCUT2D eigenvalue weighted by molar-refractivity contribution is 6.06. The number of benzene rings is 3. The van der Waals surface area contributed by atoms with Crippen LogP contribution in [0.4, 0.5) is 11.4 Å². The molecule has 0 bridgehead atoms. The first kappa shape index (κ1) is 14.4. The zero-order chi connectivity index (χ0) is 16.7. The summed E-state index contributed by atoms with van der Waals surface area (Å²) >= 11 is 0. The topological polar surface area (TPSA) is 72.2 Å². The second kappa shape index (κ2) is 5.45. The Bertz CT molecular complexity index is 981. The van der Waals surface area contributed by atoms with Crippen molar-refractivity contribution in [2.24, 2.45) is 0 Å². The zero-order valence-electron chi connectivity index (χ0n) is 12.7. The van der Waals surface area contributed by atoms with Gasteiger partial charge in [0.05, 0.1) is 10.6 Å². The minimum atomic E-state index is -0.409. The number of non-ortho nitro benzene ring substituents is 1. The van der Waals surface area contributed by atoms with Crippen molar-refractivity contribution in [3.63, 3.8) is 0 Å². The lowest BCUT2D eigenvalue weighted by molar-refractivity contribution is -0.384. The third-order valence-electron chi connectivity index (χ3n) is 4.47. The lowest BCUT2D eigenvalue weighted by Gasteiger charge is -2.27. The molecule has 0 aromatic heterocycles. The first-order chi connectivity index (χ1) is 11.6.